The monoisotopic (exact) mass is 456 g/mol. The molecule has 0 radical (unpaired) electrons. The summed E-state index contributed by atoms with van der Waals surface area (Å²) in [5.41, 5.74) is 4.13. The Morgan fingerprint density at radius 2 is 1.82 bits per heavy atom. The number of fused-ring (bicyclic) bond motifs is 1. The number of imidazole rings is 1. The fraction of sp³-hybridized carbons (Fsp3) is 0.222. The first-order chi connectivity index (χ1) is 16.5. The lowest BCUT2D eigenvalue weighted by atomic mass is 10.1. The van der Waals surface area contributed by atoms with Crippen LogP contribution in [0.2, 0.25) is 0 Å². The van der Waals surface area contributed by atoms with Gasteiger partial charge in [-0.15, -0.1) is 0 Å². The van der Waals surface area contributed by atoms with Crippen LogP contribution in [0.4, 0.5) is 5.69 Å². The van der Waals surface area contributed by atoms with E-state index in [9.17, 15) is 9.59 Å². The van der Waals surface area contributed by atoms with Crippen molar-refractivity contribution in [3.63, 3.8) is 0 Å². The van der Waals surface area contributed by atoms with E-state index in [0.29, 0.717) is 36.4 Å². The summed E-state index contributed by atoms with van der Waals surface area (Å²) >= 11 is 0. The van der Waals surface area contributed by atoms with Gasteiger partial charge in [0.2, 0.25) is 5.91 Å². The molecule has 4 aromatic rings. The fourth-order valence-electron chi connectivity index (χ4n) is 3.87. The average molecular weight is 457 g/mol. The third kappa shape index (κ3) is 5.61. The van der Waals surface area contributed by atoms with Crippen molar-refractivity contribution in [1.29, 1.82) is 0 Å². The highest BCUT2D eigenvalue weighted by molar-refractivity contribution is 5.94. The summed E-state index contributed by atoms with van der Waals surface area (Å²) in [4.78, 5) is 29.9. The molecule has 1 heterocycles. The van der Waals surface area contributed by atoms with Crippen molar-refractivity contribution < 1.29 is 14.3 Å². The number of carbonyl (C=O) groups is 2. The van der Waals surface area contributed by atoms with E-state index >= 15 is 0 Å². The minimum atomic E-state index is -0.148. The molecule has 0 saturated carbocycles. The van der Waals surface area contributed by atoms with Crippen LogP contribution in [-0.4, -0.2) is 35.0 Å². The van der Waals surface area contributed by atoms with Crippen molar-refractivity contribution in [1.82, 2.24) is 14.9 Å². The first-order valence-electron chi connectivity index (χ1n) is 11.3. The highest BCUT2D eigenvalue weighted by Crippen LogP contribution is 2.19. The second-order valence-electron chi connectivity index (χ2n) is 8.11. The number of ether oxygens (including phenoxy) is 1. The molecule has 2 N–H and O–H groups in total. The molecule has 0 saturated heterocycles. The standard InChI is InChI=1S/C27H28N4O3/c1-19-8-5-9-20(16-19)27(33)28-15-7-14-25-30-23-12-3-4-13-24(23)31(25)18-26(32)29-21-10-6-11-22(17-21)34-2/h3-6,8-13,16-17H,7,14-15,18H2,1-2H3,(H,28,33)(H,29,32). The zero-order chi connectivity index (χ0) is 23.9. The molecule has 2 amide bonds. The second-order valence-corrected chi connectivity index (χ2v) is 8.11. The normalized spacial score (nSPS) is 10.8. The highest BCUT2D eigenvalue weighted by Gasteiger charge is 2.14. The van der Waals surface area contributed by atoms with Gasteiger partial charge in [-0.3, -0.25) is 9.59 Å². The summed E-state index contributed by atoms with van der Waals surface area (Å²) in [5, 5.41) is 5.89. The number of carbonyl (C=O) groups excluding carboxylic acids is 2. The Balaban J connectivity index is 1.41. The van der Waals surface area contributed by atoms with Gasteiger partial charge < -0.3 is 19.9 Å². The number of amides is 2. The van der Waals surface area contributed by atoms with Crippen LogP contribution >= 0.6 is 0 Å². The average Bonchev–Trinajstić information content (AvgIpc) is 3.18. The van der Waals surface area contributed by atoms with Gasteiger partial charge in [0.25, 0.3) is 5.91 Å². The number of aromatic nitrogens is 2. The molecule has 0 aliphatic heterocycles. The van der Waals surface area contributed by atoms with Gasteiger partial charge in [-0.25, -0.2) is 4.98 Å². The second kappa shape index (κ2) is 10.7. The Hall–Kier alpha value is -4.13. The van der Waals surface area contributed by atoms with Crippen LogP contribution in [0.1, 0.15) is 28.2 Å². The van der Waals surface area contributed by atoms with Gasteiger partial charge in [-0.05, 0) is 49.7 Å². The molecule has 0 spiro atoms. The molecule has 0 fully saturated rings. The van der Waals surface area contributed by atoms with Crippen LogP contribution in [0.15, 0.2) is 72.8 Å². The van der Waals surface area contributed by atoms with Crippen molar-refractivity contribution in [2.75, 3.05) is 19.0 Å². The lowest BCUT2D eigenvalue weighted by Crippen LogP contribution is -2.25. The van der Waals surface area contributed by atoms with E-state index in [1.54, 1.807) is 13.2 Å². The number of methoxy groups -OCH3 is 1. The summed E-state index contributed by atoms with van der Waals surface area (Å²) in [6.45, 7) is 2.63. The molecule has 0 aliphatic carbocycles. The van der Waals surface area contributed by atoms with Crippen LogP contribution in [-0.2, 0) is 17.8 Å². The lowest BCUT2D eigenvalue weighted by molar-refractivity contribution is -0.116. The summed E-state index contributed by atoms with van der Waals surface area (Å²) in [6.07, 6.45) is 1.34. The van der Waals surface area contributed by atoms with Crippen LogP contribution in [0.5, 0.6) is 5.75 Å². The minimum absolute atomic E-state index is 0.0881. The zero-order valence-corrected chi connectivity index (χ0v) is 19.4. The molecular formula is C27H28N4O3. The highest BCUT2D eigenvalue weighted by atomic mass is 16.5. The van der Waals surface area contributed by atoms with Gasteiger partial charge in [0.15, 0.2) is 0 Å². The number of nitrogens with zero attached hydrogens (tertiary/aromatic N) is 2. The van der Waals surface area contributed by atoms with E-state index in [1.165, 1.54) is 0 Å². The smallest absolute Gasteiger partial charge is 0.251 e. The summed E-state index contributed by atoms with van der Waals surface area (Å²) < 4.78 is 7.17. The van der Waals surface area contributed by atoms with Gasteiger partial charge in [-0.1, -0.05) is 35.9 Å². The predicted molar refractivity (Wildman–Crippen MR) is 133 cm³/mol. The lowest BCUT2D eigenvalue weighted by Gasteiger charge is -2.11. The van der Waals surface area contributed by atoms with Crippen LogP contribution in [0.3, 0.4) is 0 Å². The Morgan fingerprint density at radius 1 is 1.00 bits per heavy atom. The summed E-state index contributed by atoms with van der Waals surface area (Å²) in [7, 11) is 1.59. The third-order valence-electron chi connectivity index (χ3n) is 5.53. The maximum atomic E-state index is 12.8. The van der Waals surface area contributed by atoms with Crippen LogP contribution in [0, 0.1) is 6.92 Å². The first-order valence-corrected chi connectivity index (χ1v) is 11.3. The topological polar surface area (TPSA) is 85.2 Å². The van der Waals surface area contributed by atoms with Crippen molar-refractivity contribution in [2.45, 2.75) is 26.3 Å². The molecule has 0 aliphatic rings. The molecular weight excluding hydrogens is 428 g/mol. The Labute approximate surface area is 198 Å². The molecule has 4 rings (SSSR count). The summed E-state index contributed by atoms with van der Waals surface area (Å²) in [6, 6.07) is 22.6. The Morgan fingerprint density at radius 3 is 2.65 bits per heavy atom. The molecule has 7 heteroatoms. The van der Waals surface area contributed by atoms with E-state index in [0.717, 1.165) is 22.4 Å². The maximum Gasteiger partial charge on any atom is 0.251 e. The molecule has 34 heavy (non-hydrogen) atoms. The van der Waals surface area contributed by atoms with Crippen LogP contribution < -0.4 is 15.4 Å². The number of para-hydroxylation sites is 2. The molecule has 174 valence electrons. The number of hydrogen-bond donors (Lipinski definition) is 2. The van der Waals surface area contributed by atoms with Crippen molar-refractivity contribution in [3.05, 3.63) is 89.7 Å². The Kier molecular flexibility index (Phi) is 7.22. The Bertz CT molecular complexity index is 1310. The molecule has 7 nitrogen and oxygen atoms in total. The summed E-state index contributed by atoms with van der Waals surface area (Å²) in [5.74, 6) is 1.26. The molecule has 0 atom stereocenters. The fourth-order valence-corrected chi connectivity index (χ4v) is 3.87. The SMILES string of the molecule is COc1cccc(NC(=O)Cn2c(CCCNC(=O)c3cccc(C)c3)nc3ccccc32)c1. The molecule has 0 unspecified atom stereocenters. The number of anilines is 1. The number of aryl methyl sites for hydroxylation is 2. The molecule has 0 bridgehead atoms. The zero-order valence-electron chi connectivity index (χ0n) is 19.4. The largest absolute Gasteiger partial charge is 0.497 e. The van der Waals surface area contributed by atoms with Crippen molar-refractivity contribution >= 4 is 28.5 Å². The van der Waals surface area contributed by atoms with Gasteiger partial charge in [0, 0.05) is 30.3 Å². The number of benzene rings is 3. The van der Waals surface area contributed by atoms with E-state index in [1.807, 2.05) is 78.2 Å². The van der Waals surface area contributed by atoms with E-state index in [4.69, 9.17) is 9.72 Å². The number of hydrogen-bond acceptors (Lipinski definition) is 4. The number of nitrogens with one attached hydrogen (secondary N) is 2. The van der Waals surface area contributed by atoms with Crippen molar-refractivity contribution in [2.24, 2.45) is 0 Å². The van der Waals surface area contributed by atoms with Crippen LogP contribution in [0.25, 0.3) is 11.0 Å². The molecule has 1 aromatic heterocycles. The third-order valence-corrected chi connectivity index (χ3v) is 5.53. The van der Waals surface area contributed by atoms with Crippen molar-refractivity contribution in [3.8, 4) is 5.75 Å². The van der Waals surface area contributed by atoms with Gasteiger partial charge >= 0.3 is 0 Å². The quantitative estimate of drug-likeness (QED) is 0.367. The minimum Gasteiger partial charge on any atom is -0.497 e. The molecule has 3 aromatic carbocycles. The first kappa shape index (κ1) is 23.0. The number of rotatable bonds is 9. The van der Waals surface area contributed by atoms with Gasteiger partial charge in [0.05, 0.1) is 18.1 Å². The van der Waals surface area contributed by atoms with E-state index in [2.05, 4.69) is 10.6 Å². The predicted octanol–water partition coefficient (Wildman–Crippen LogP) is 4.35. The maximum absolute atomic E-state index is 12.8. The van der Waals surface area contributed by atoms with E-state index in [-0.39, 0.29) is 18.4 Å². The van der Waals surface area contributed by atoms with Gasteiger partial charge in [-0.2, -0.15) is 0 Å². The van der Waals surface area contributed by atoms with E-state index < -0.39 is 0 Å². The van der Waals surface area contributed by atoms with Gasteiger partial charge in [0.1, 0.15) is 18.1 Å².